The molecule has 18 heavy (non-hydrogen) atoms. The van der Waals surface area contributed by atoms with E-state index in [1.54, 1.807) is 14.0 Å². The van der Waals surface area contributed by atoms with Gasteiger partial charge in [-0.25, -0.2) is 0 Å². The fourth-order valence-corrected chi connectivity index (χ4v) is 1.52. The van der Waals surface area contributed by atoms with Gasteiger partial charge in [-0.3, -0.25) is 4.79 Å². The van der Waals surface area contributed by atoms with Crippen molar-refractivity contribution in [3.63, 3.8) is 0 Å². The Hall–Kier alpha value is -1.55. The van der Waals surface area contributed by atoms with Crippen LogP contribution < -0.4 is 10.1 Å². The third-order valence-corrected chi connectivity index (χ3v) is 2.50. The summed E-state index contributed by atoms with van der Waals surface area (Å²) < 4.78 is 10.5. The minimum absolute atomic E-state index is 0.104. The Morgan fingerprint density at radius 3 is 2.89 bits per heavy atom. The predicted molar refractivity (Wildman–Crippen MR) is 70.8 cm³/mol. The molecule has 4 nitrogen and oxygen atoms in total. The van der Waals surface area contributed by atoms with E-state index in [4.69, 9.17) is 9.47 Å². The largest absolute Gasteiger partial charge is 0.481 e. The molecule has 0 aliphatic heterocycles. The third-order valence-electron chi connectivity index (χ3n) is 2.50. The lowest BCUT2D eigenvalue weighted by molar-refractivity contribution is -0.127. The average Bonchev–Trinajstić information content (AvgIpc) is 2.34. The maximum Gasteiger partial charge on any atom is 0.260 e. The first-order chi connectivity index (χ1) is 8.63. The molecular formula is C14H21NO3. The summed E-state index contributed by atoms with van der Waals surface area (Å²) >= 11 is 0. The summed E-state index contributed by atoms with van der Waals surface area (Å²) in [5, 5.41) is 2.81. The maximum atomic E-state index is 11.7. The highest BCUT2D eigenvalue weighted by molar-refractivity contribution is 5.80. The van der Waals surface area contributed by atoms with Crippen LogP contribution in [0.4, 0.5) is 0 Å². The van der Waals surface area contributed by atoms with E-state index in [1.807, 2.05) is 31.2 Å². The van der Waals surface area contributed by atoms with Crippen LogP contribution in [0.25, 0.3) is 0 Å². The predicted octanol–water partition coefficient (Wildman–Crippen LogP) is 1.92. The first-order valence-corrected chi connectivity index (χ1v) is 6.13. The number of benzene rings is 1. The molecule has 1 N–H and O–H groups in total. The van der Waals surface area contributed by atoms with Crippen molar-refractivity contribution in [2.45, 2.75) is 26.4 Å². The number of rotatable bonds is 7. The summed E-state index contributed by atoms with van der Waals surface area (Å²) in [6.07, 6.45) is 0.314. The summed E-state index contributed by atoms with van der Waals surface area (Å²) in [7, 11) is 1.64. The highest BCUT2D eigenvalue weighted by Crippen LogP contribution is 2.14. The molecule has 0 aromatic heterocycles. The van der Waals surface area contributed by atoms with Gasteiger partial charge in [-0.15, -0.1) is 0 Å². The lowest BCUT2D eigenvalue weighted by Crippen LogP contribution is -2.37. The molecule has 0 saturated heterocycles. The molecule has 0 spiro atoms. The number of ether oxygens (including phenoxy) is 2. The summed E-state index contributed by atoms with van der Waals surface area (Å²) in [6, 6.07) is 7.66. The van der Waals surface area contributed by atoms with Crippen molar-refractivity contribution in [1.82, 2.24) is 5.32 Å². The molecule has 0 heterocycles. The first-order valence-electron chi connectivity index (χ1n) is 6.13. The number of aryl methyl sites for hydroxylation is 1. The molecule has 0 unspecified atom stereocenters. The van der Waals surface area contributed by atoms with E-state index in [9.17, 15) is 4.79 Å². The second kappa shape index (κ2) is 7.71. The molecule has 0 bridgehead atoms. The topological polar surface area (TPSA) is 47.6 Å². The van der Waals surface area contributed by atoms with Gasteiger partial charge in [-0.05, 0) is 38.0 Å². The lowest BCUT2D eigenvalue weighted by Gasteiger charge is -2.14. The molecule has 1 amide bonds. The van der Waals surface area contributed by atoms with Crippen LogP contribution in [0.15, 0.2) is 24.3 Å². The Kier molecular flexibility index (Phi) is 6.22. The van der Waals surface area contributed by atoms with Gasteiger partial charge in [0.15, 0.2) is 6.10 Å². The van der Waals surface area contributed by atoms with E-state index in [0.29, 0.717) is 13.2 Å². The van der Waals surface area contributed by atoms with Gasteiger partial charge in [0.2, 0.25) is 0 Å². The van der Waals surface area contributed by atoms with E-state index in [2.05, 4.69) is 5.32 Å². The minimum atomic E-state index is -0.491. The first kappa shape index (κ1) is 14.5. The van der Waals surface area contributed by atoms with Crippen LogP contribution >= 0.6 is 0 Å². The third kappa shape index (κ3) is 5.19. The number of methoxy groups -OCH3 is 1. The number of carbonyl (C=O) groups is 1. The van der Waals surface area contributed by atoms with Gasteiger partial charge in [0.25, 0.3) is 5.91 Å². The van der Waals surface area contributed by atoms with Crippen LogP contribution in [-0.2, 0) is 9.53 Å². The van der Waals surface area contributed by atoms with E-state index in [0.717, 1.165) is 17.7 Å². The molecule has 0 radical (unpaired) electrons. The van der Waals surface area contributed by atoms with E-state index >= 15 is 0 Å². The van der Waals surface area contributed by atoms with Crippen LogP contribution in [-0.4, -0.2) is 32.3 Å². The molecule has 1 aromatic carbocycles. The van der Waals surface area contributed by atoms with Crippen LogP contribution in [0.2, 0.25) is 0 Å². The number of nitrogens with one attached hydrogen (secondary N) is 1. The zero-order chi connectivity index (χ0) is 13.4. The zero-order valence-corrected chi connectivity index (χ0v) is 11.2. The number of hydrogen-bond acceptors (Lipinski definition) is 3. The van der Waals surface area contributed by atoms with Crippen LogP contribution in [0.1, 0.15) is 18.9 Å². The number of carbonyl (C=O) groups excluding carboxylic acids is 1. The van der Waals surface area contributed by atoms with Gasteiger partial charge >= 0.3 is 0 Å². The SMILES string of the molecule is COCCCNC(=O)[C@H](C)Oc1cccc(C)c1. The van der Waals surface area contributed by atoms with Crippen molar-refractivity contribution < 1.29 is 14.3 Å². The molecule has 0 saturated carbocycles. The van der Waals surface area contributed by atoms with Crippen molar-refractivity contribution in [2.75, 3.05) is 20.3 Å². The number of amides is 1. The normalized spacial score (nSPS) is 11.9. The Bertz CT molecular complexity index is 379. The number of hydrogen-bond donors (Lipinski definition) is 1. The van der Waals surface area contributed by atoms with E-state index < -0.39 is 6.10 Å². The fraction of sp³-hybridized carbons (Fsp3) is 0.500. The van der Waals surface area contributed by atoms with E-state index in [1.165, 1.54) is 0 Å². The minimum Gasteiger partial charge on any atom is -0.481 e. The van der Waals surface area contributed by atoms with Gasteiger partial charge < -0.3 is 14.8 Å². The van der Waals surface area contributed by atoms with Gasteiger partial charge in [-0.2, -0.15) is 0 Å². The molecule has 1 atom stereocenters. The highest BCUT2D eigenvalue weighted by Gasteiger charge is 2.13. The molecule has 0 fully saturated rings. The second-order valence-electron chi connectivity index (χ2n) is 4.21. The Labute approximate surface area is 108 Å². The van der Waals surface area contributed by atoms with Gasteiger partial charge in [0.05, 0.1) is 0 Å². The van der Waals surface area contributed by atoms with Crippen LogP contribution in [0.5, 0.6) is 5.75 Å². The second-order valence-corrected chi connectivity index (χ2v) is 4.21. The van der Waals surface area contributed by atoms with Gasteiger partial charge in [0.1, 0.15) is 5.75 Å². The molecule has 0 aliphatic carbocycles. The van der Waals surface area contributed by atoms with Crippen molar-refractivity contribution in [2.24, 2.45) is 0 Å². The molecule has 1 aromatic rings. The summed E-state index contributed by atoms with van der Waals surface area (Å²) in [4.78, 5) is 11.7. The quantitative estimate of drug-likeness (QED) is 0.753. The van der Waals surface area contributed by atoms with Crippen molar-refractivity contribution >= 4 is 5.91 Å². The smallest absolute Gasteiger partial charge is 0.260 e. The monoisotopic (exact) mass is 251 g/mol. The summed E-state index contributed by atoms with van der Waals surface area (Å²) in [5.74, 6) is 0.613. The highest BCUT2D eigenvalue weighted by atomic mass is 16.5. The molecule has 100 valence electrons. The van der Waals surface area contributed by atoms with E-state index in [-0.39, 0.29) is 5.91 Å². The Morgan fingerprint density at radius 1 is 1.44 bits per heavy atom. The van der Waals surface area contributed by atoms with Crippen molar-refractivity contribution in [1.29, 1.82) is 0 Å². The van der Waals surface area contributed by atoms with Crippen LogP contribution in [0.3, 0.4) is 0 Å². The Morgan fingerprint density at radius 2 is 2.22 bits per heavy atom. The molecule has 1 rings (SSSR count). The summed E-state index contributed by atoms with van der Waals surface area (Å²) in [5.41, 5.74) is 1.11. The van der Waals surface area contributed by atoms with Crippen molar-refractivity contribution in [3.8, 4) is 5.75 Å². The zero-order valence-electron chi connectivity index (χ0n) is 11.2. The Balaban J connectivity index is 2.35. The standard InChI is InChI=1S/C14H21NO3/c1-11-6-4-7-13(10-11)18-12(2)14(16)15-8-5-9-17-3/h4,6-7,10,12H,5,8-9H2,1-3H3,(H,15,16)/t12-/m0/s1. The fourth-order valence-electron chi connectivity index (χ4n) is 1.52. The van der Waals surface area contributed by atoms with Gasteiger partial charge in [0, 0.05) is 20.3 Å². The molecule has 4 heteroatoms. The lowest BCUT2D eigenvalue weighted by atomic mass is 10.2. The summed E-state index contributed by atoms with van der Waals surface area (Å²) in [6.45, 7) is 4.98. The molecular weight excluding hydrogens is 230 g/mol. The molecule has 0 aliphatic rings. The van der Waals surface area contributed by atoms with Gasteiger partial charge in [-0.1, -0.05) is 12.1 Å². The van der Waals surface area contributed by atoms with Crippen LogP contribution in [0, 0.1) is 6.92 Å². The maximum absolute atomic E-state index is 11.7. The average molecular weight is 251 g/mol. The van der Waals surface area contributed by atoms with Crippen molar-refractivity contribution in [3.05, 3.63) is 29.8 Å².